The number of benzene rings is 1. The highest BCUT2D eigenvalue weighted by atomic mass is 32.2. The van der Waals surface area contributed by atoms with Crippen LogP contribution in [0.3, 0.4) is 0 Å². The summed E-state index contributed by atoms with van der Waals surface area (Å²) in [4.78, 5) is 14.2. The maximum atomic E-state index is 12.3. The standard InChI is InChI=1S/C16H23NOS/c1-17(11-13-5-3-4-6-13)16(18)15-9-7-14(8-10-15)12-19-2/h7-10,13H,3-6,11-12H2,1-2H3. The lowest BCUT2D eigenvalue weighted by Crippen LogP contribution is -2.31. The second kappa shape index (κ2) is 6.99. The monoisotopic (exact) mass is 277 g/mol. The third-order valence-electron chi connectivity index (χ3n) is 3.87. The van der Waals surface area contributed by atoms with Crippen LogP contribution in [0.1, 0.15) is 41.6 Å². The predicted molar refractivity (Wildman–Crippen MR) is 82.6 cm³/mol. The fraction of sp³-hybridized carbons (Fsp3) is 0.562. The lowest BCUT2D eigenvalue weighted by Gasteiger charge is -2.21. The Hall–Kier alpha value is -0.960. The molecule has 1 aromatic rings. The number of hydrogen-bond acceptors (Lipinski definition) is 2. The summed E-state index contributed by atoms with van der Waals surface area (Å²) in [5, 5.41) is 0. The van der Waals surface area contributed by atoms with Crippen molar-refractivity contribution in [3.8, 4) is 0 Å². The summed E-state index contributed by atoms with van der Waals surface area (Å²) in [6.07, 6.45) is 7.31. The Balaban J connectivity index is 1.93. The summed E-state index contributed by atoms with van der Waals surface area (Å²) >= 11 is 1.80. The fourth-order valence-electron chi connectivity index (χ4n) is 2.79. The molecule has 0 saturated heterocycles. The van der Waals surface area contributed by atoms with Gasteiger partial charge in [0, 0.05) is 24.9 Å². The minimum absolute atomic E-state index is 0.155. The lowest BCUT2D eigenvalue weighted by atomic mass is 10.1. The Morgan fingerprint density at radius 1 is 1.26 bits per heavy atom. The molecule has 2 rings (SSSR count). The van der Waals surface area contributed by atoms with Crippen LogP contribution in [-0.2, 0) is 5.75 Å². The van der Waals surface area contributed by atoms with Gasteiger partial charge < -0.3 is 4.90 Å². The number of amides is 1. The van der Waals surface area contributed by atoms with Gasteiger partial charge in [0.15, 0.2) is 0 Å². The second-order valence-corrected chi connectivity index (χ2v) is 6.33. The van der Waals surface area contributed by atoms with E-state index in [1.54, 1.807) is 11.8 Å². The van der Waals surface area contributed by atoms with Gasteiger partial charge in [-0.2, -0.15) is 11.8 Å². The van der Waals surface area contributed by atoms with Crippen LogP contribution >= 0.6 is 11.8 Å². The summed E-state index contributed by atoms with van der Waals surface area (Å²) in [5.41, 5.74) is 2.09. The molecule has 0 unspecified atom stereocenters. The molecule has 1 amide bonds. The minimum Gasteiger partial charge on any atom is -0.341 e. The van der Waals surface area contributed by atoms with Crippen LogP contribution in [0.5, 0.6) is 0 Å². The molecule has 0 spiro atoms. The van der Waals surface area contributed by atoms with E-state index in [1.165, 1.54) is 31.2 Å². The Morgan fingerprint density at radius 3 is 2.47 bits per heavy atom. The zero-order valence-corrected chi connectivity index (χ0v) is 12.7. The van der Waals surface area contributed by atoms with E-state index >= 15 is 0 Å². The van der Waals surface area contributed by atoms with Crippen LogP contribution in [0, 0.1) is 5.92 Å². The first-order valence-corrected chi connectivity index (χ1v) is 8.43. The van der Waals surface area contributed by atoms with E-state index in [2.05, 4.69) is 18.4 Å². The topological polar surface area (TPSA) is 20.3 Å². The number of thioether (sulfide) groups is 1. The van der Waals surface area contributed by atoms with E-state index in [0.29, 0.717) is 5.92 Å². The summed E-state index contributed by atoms with van der Waals surface area (Å²) in [6, 6.07) is 8.04. The van der Waals surface area contributed by atoms with Crippen molar-refractivity contribution in [1.82, 2.24) is 4.90 Å². The second-order valence-electron chi connectivity index (χ2n) is 5.47. The Morgan fingerprint density at radius 2 is 1.89 bits per heavy atom. The zero-order chi connectivity index (χ0) is 13.7. The zero-order valence-electron chi connectivity index (χ0n) is 11.9. The van der Waals surface area contributed by atoms with Crippen molar-refractivity contribution in [3.05, 3.63) is 35.4 Å². The molecule has 2 nitrogen and oxygen atoms in total. The Kier molecular flexibility index (Phi) is 5.32. The third-order valence-corrected chi connectivity index (χ3v) is 4.49. The van der Waals surface area contributed by atoms with Gasteiger partial charge in [-0.25, -0.2) is 0 Å². The number of rotatable bonds is 5. The molecule has 19 heavy (non-hydrogen) atoms. The normalized spacial score (nSPS) is 15.7. The van der Waals surface area contributed by atoms with Crippen LogP contribution in [0.25, 0.3) is 0 Å². The molecule has 0 heterocycles. The molecule has 3 heteroatoms. The number of carbonyl (C=O) groups is 1. The maximum Gasteiger partial charge on any atom is 0.253 e. The van der Waals surface area contributed by atoms with E-state index in [0.717, 1.165) is 17.9 Å². The maximum absolute atomic E-state index is 12.3. The molecule has 1 aliphatic carbocycles. The van der Waals surface area contributed by atoms with E-state index in [9.17, 15) is 4.79 Å². The summed E-state index contributed by atoms with van der Waals surface area (Å²) < 4.78 is 0. The van der Waals surface area contributed by atoms with Crippen molar-refractivity contribution in [2.75, 3.05) is 19.8 Å². The molecule has 0 aliphatic heterocycles. The number of nitrogens with zero attached hydrogens (tertiary/aromatic N) is 1. The van der Waals surface area contributed by atoms with E-state index in [1.807, 2.05) is 24.1 Å². The van der Waals surface area contributed by atoms with Crippen molar-refractivity contribution >= 4 is 17.7 Å². The third kappa shape index (κ3) is 4.00. The van der Waals surface area contributed by atoms with Crippen LogP contribution in [0.4, 0.5) is 0 Å². The number of hydrogen-bond donors (Lipinski definition) is 0. The highest BCUT2D eigenvalue weighted by Gasteiger charge is 2.20. The number of carbonyl (C=O) groups excluding carboxylic acids is 1. The summed E-state index contributed by atoms with van der Waals surface area (Å²) in [6.45, 7) is 0.908. The molecule has 0 radical (unpaired) electrons. The molecule has 104 valence electrons. The minimum atomic E-state index is 0.155. The molecule has 0 N–H and O–H groups in total. The molecular formula is C16H23NOS. The van der Waals surface area contributed by atoms with Crippen LogP contribution in [0.15, 0.2) is 24.3 Å². The van der Waals surface area contributed by atoms with Gasteiger partial charge in [-0.1, -0.05) is 25.0 Å². The lowest BCUT2D eigenvalue weighted by molar-refractivity contribution is 0.0773. The largest absolute Gasteiger partial charge is 0.341 e. The molecule has 0 atom stereocenters. The highest BCUT2D eigenvalue weighted by molar-refractivity contribution is 7.97. The summed E-state index contributed by atoms with van der Waals surface area (Å²) in [7, 11) is 1.93. The van der Waals surface area contributed by atoms with Crippen LogP contribution in [-0.4, -0.2) is 30.7 Å². The smallest absolute Gasteiger partial charge is 0.253 e. The fourth-order valence-corrected chi connectivity index (χ4v) is 3.32. The van der Waals surface area contributed by atoms with Crippen molar-refractivity contribution in [3.63, 3.8) is 0 Å². The van der Waals surface area contributed by atoms with Crippen molar-refractivity contribution in [2.24, 2.45) is 5.92 Å². The molecule has 1 saturated carbocycles. The van der Waals surface area contributed by atoms with Crippen molar-refractivity contribution in [1.29, 1.82) is 0 Å². The first kappa shape index (κ1) is 14.4. The van der Waals surface area contributed by atoms with Crippen LogP contribution in [0.2, 0.25) is 0 Å². The van der Waals surface area contributed by atoms with Crippen molar-refractivity contribution < 1.29 is 4.79 Å². The van der Waals surface area contributed by atoms with Gasteiger partial charge >= 0.3 is 0 Å². The van der Waals surface area contributed by atoms with E-state index < -0.39 is 0 Å². The van der Waals surface area contributed by atoms with Crippen molar-refractivity contribution in [2.45, 2.75) is 31.4 Å². The average Bonchev–Trinajstić information content (AvgIpc) is 2.92. The van der Waals surface area contributed by atoms with Gasteiger partial charge in [0.2, 0.25) is 0 Å². The SMILES string of the molecule is CSCc1ccc(C(=O)N(C)CC2CCCC2)cc1. The molecule has 0 aromatic heterocycles. The molecule has 0 bridgehead atoms. The first-order valence-electron chi connectivity index (χ1n) is 7.04. The van der Waals surface area contributed by atoms with Crippen LogP contribution < -0.4 is 0 Å². The summed E-state index contributed by atoms with van der Waals surface area (Å²) in [5.74, 6) is 1.87. The average molecular weight is 277 g/mol. The van der Waals surface area contributed by atoms with E-state index in [4.69, 9.17) is 0 Å². The highest BCUT2D eigenvalue weighted by Crippen LogP contribution is 2.25. The van der Waals surface area contributed by atoms with Gasteiger partial charge in [0.05, 0.1) is 0 Å². The Labute approximate surface area is 120 Å². The molecular weight excluding hydrogens is 254 g/mol. The molecule has 1 aliphatic rings. The van der Waals surface area contributed by atoms with Gasteiger partial charge in [0.1, 0.15) is 0 Å². The Bertz CT molecular complexity index is 409. The quantitative estimate of drug-likeness (QED) is 0.815. The van der Waals surface area contributed by atoms with Gasteiger partial charge in [-0.3, -0.25) is 4.79 Å². The molecule has 1 aromatic carbocycles. The van der Waals surface area contributed by atoms with Gasteiger partial charge in [-0.15, -0.1) is 0 Å². The van der Waals surface area contributed by atoms with Gasteiger partial charge in [-0.05, 0) is 42.7 Å². The van der Waals surface area contributed by atoms with E-state index in [-0.39, 0.29) is 5.91 Å². The first-order chi connectivity index (χ1) is 9.20. The predicted octanol–water partition coefficient (Wildman–Crippen LogP) is 3.81. The molecule has 1 fully saturated rings. The van der Waals surface area contributed by atoms with Gasteiger partial charge in [0.25, 0.3) is 5.91 Å².